The highest BCUT2D eigenvalue weighted by atomic mass is 32.2. The van der Waals surface area contributed by atoms with Gasteiger partial charge in [0.05, 0.1) is 10.3 Å². The number of carboxylic acid groups (broad SMARTS) is 1. The summed E-state index contributed by atoms with van der Waals surface area (Å²) in [6, 6.07) is 6.04. The molecule has 1 unspecified atom stereocenters. The zero-order chi connectivity index (χ0) is 17.1. The van der Waals surface area contributed by atoms with Crippen LogP contribution in [0.15, 0.2) is 29.2 Å². The minimum atomic E-state index is -3.56. The number of carboxylic acids is 1. The molecule has 1 aromatic carbocycles. The van der Waals surface area contributed by atoms with E-state index in [4.69, 9.17) is 0 Å². The van der Waals surface area contributed by atoms with Crippen molar-refractivity contribution in [2.75, 3.05) is 6.54 Å². The molecule has 6 heteroatoms. The summed E-state index contributed by atoms with van der Waals surface area (Å²) in [6.07, 6.45) is 0.733. The molecular weight excluding hydrogens is 302 g/mol. The Morgan fingerprint density at radius 2 is 1.73 bits per heavy atom. The third kappa shape index (κ3) is 3.50. The number of aliphatic carboxylic acids is 1. The first-order valence-corrected chi connectivity index (χ1v) is 8.88. The number of hydrogen-bond donors (Lipinski definition) is 1. The smallest absolute Gasteiger partial charge is 0.313 e. The molecule has 0 fully saturated rings. The van der Waals surface area contributed by atoms with Gasteiger partial charge in [0.2, 0.25) is 10.0 Å². The molecular formula is C16H25NO4S. The third-order valence-corrected chi connectivity index (χ3v) is 6.21. The fraction of sp³-hybridized carbons (Fsp3) is 0.562. The van der Waals surface area contributed by atoms with Crippen LogP contribution in [0, 0.1) is 0 Å². The second-order valence-electron chi connectivity index (χ2n) is 5.92. The van der Waals surface area contributed by atoms with Crippen molar-refractivity contribution in [3.8, 4) is 0 Å². The molecule has 0 aliphatic carbocycles. The second-order valence-corrected chi connectivity index (χ2v) is 7.81. The Morgan fingerprint density at radius 1 is 1.23 bits per heavy atom. The molecule has 124 valence electrons. The predicted molar refractivity (Wildman–Crippen MR) is 86.4 cm³/mol. The van der Waals surface area contributed by atoms with Gasteiger partial charge in [0.1, 0.15) is 0 Å². The van der Waals surface area contributed by atoms with Gasteiger partial charge in [-0.3, -0.25) is 4.79 Å². The maximum absolute atomic E-state index is 12.7. The van der Waals surface area contributed by atoms with Crippen LogP contribution in [0.25, 0.3) is 0 Å². The predicted octanol–water partition coefficient (Wildman–Crippen LogP) is 2.86. The van der Waals surface area contributed by atoms with Gasteiger partial charge >= 0.3 is 5.97 Å². The van der Waals surface area contributed by atoms with Crippen LogP contribution in [0.4, 0.5) is 0 Å². The summed E-state index contributed by atoms with van der Waals surface area (Å²) >= 11 is 0. The summed E-state index contributed by atoms with van der Waals surface area (Å²) < 4.78 is 26.8. The lowest BCUT2D eigenvalue weighted by Crippen LogP contribution is -2.38. The molecule has 0 amide bonds. The van der Waals surface area contributed by atoms with Crippen LogP contribution in [0.2, 0.25) is 0 Å². The van der Waals surface area contributed by atoms with E-state index in [0.29, 0.717) is 12.1 Å². The number of sulfonamides is 1. The van der Waals surface area contributed by atoms with Gasteiger partial charge in [-0.15, -0.1) is 0 Å². The van der Waals surface area contributed by atoms with E-state index in [9.17, 15) is 18.3 Å². The largest absolute Gasteiger partial charge is 0.481 e. The van der Waals surface area contributed by atoms with E-state index < -0.39 is 21.4 Å². The van der Waals surface area contributed by atoms with Gasteiger partial charge in [-0.1, -0.05) is 26.0 Å². The minimum Gasteiger partial charge on any atom is -0.481 e. The maximum Gasteiger partial charge on any atom is 0.313 e. The number of benzene rings is 1. The fourth-order valence-electron chi connectivity index (χ4n) is 2.22. The Morgan fingerprint density at radius 3 is 2.09 bits per heavy atom. The second kappa shape index (κ2) is 6.79. The molecule has 0 spiro atoms. The average Bonchev–Trinajstić information content (AvgIpc) is 2.47. The highest BCUT2D eigenvalue weighted by molar-refractivity contribution is 7.89. The number of hydrogen-bond acceptors (Lipinski definition) is 3. The first kappa shape index (κ1) is 18.6. The Bertz CT molecular complexity index is 620. The van der Waals surface area contributed by atoms with Crippen molar-refractivity contribution in [1.29, 1.82) is 0 Å². The van der Waals surface area contributed by atoms with Gasteiger partial charge in [-0.05, 0) is 44.9 Å². The molecule has 0 bridgehead atoms. The van der Waals surface area contributed by atoms with Crippen molar-refractivity contribution in [3.05, 3.63) is 29.8 Å². The zero-order valence-electron chi connectivity index (χ0n) is 13.8. The summed E-state index contributed by atoms with van der Waals surface area (Å²) in [5.41, 5.74) is -0.478. The summed E-state index contributed by atoms with van der Waals surface area (Å²) in [6.45, 7) is 9.22. The van der Waals surface area contributed by atoms with Crippen LogP contribution >= 0.6 is 0 Å². The lowest BCUT2D eigenvalue weighted by molar-refractivity contribution is -0.142. The van der Waals surface area contributed by atoms with E-state index in [-0.39, 0.29) is 10.9 Å². The third-order valence-electron chi connectivity index (χ3n) is 4.11. The number of rotatable bonds is 7. The standard InChI is InChI=1S/C16H25NO4S/c1-6-12(3)17(7-2)22(20,21)14-10-8-13(9-11-14)16(4,5)15(18)19/h8-12H,6-7H2,1-5H3,(H,18,19). The molecule has 0 radical (unpaired) electrons. The minimum absolute atomic E-state index is 0.0786. The molecule has 1 aromatic rings. The van der Waals surface area contributed by atoms with Crippen molar-refractivity contribution in [3.63, 3.8) is 0 Å². The first-order valence-electron chi connectivity index (χ1n) is 7.44. The Balaban J connectivity index is 3.21. The first-order chi connectivity index (χ1) is 10.1. The van der Waals surface area contributed by atoms with Gasteiger partial charge in [-0.2, -0.15) is 4.31 Å². The van der Waals surface area contributed by atoms with Crippen molar-refractivity contribution in [2.24, 2.45) is 0 Å². The summed E-state index contributed by atoms with van der Waals surface area (Å²) in [5.74, 6) is -0.946. The molecule has 22 heavy (non-hydrogen) atoms. The van der Waals surface area contributed by atoms with Crippen molar-refractivity contribution in [2.45, 2.75) is 57.4 Å². The monoisotopic (exact) mass is 327 g/mol. The molecule has 0 aliphatic rings. The molecule has 1 rings (SSSR count). The van der Waals surface area contributed by atoms with E-state index in [0.717, 1.165) is 6.42 Å². The van der Waals surface area contributed by atoms with Crippen LogP contribution < -0.4 is 0 Å². The molecule has 0 saturated carbocycles. The van der Waals surface area contributed by atoms with Crippen LogP contribution in [-0.2, 0) is 20.2 Å². The summed E-state index contributed by atoms with van der Waals surface area (Å²) in [7, 11) is -3.56. The SMILES string of the molecule is CCC(C)N(CC)S(=O)(=O)c1ccc(C(C)(C)C(=O)O)cc1. The molecule has 0 saturated heterocycles. The van der Waals surface area contributed by atoms with Gasteiger partial charge in [-0.25, -0.2) is 8.42 Å². The highest BCUT2D eigenvalue weighted by Crippen LogP contribution is 2.26. The van der Waals surface area contributed by atoms with Gasteiger partial charge < -0.3 is 5.11 Å². The Hall–Kier alpha value is -1.40. The summed E-state index contributed by atoms with van der Waals surface area (Å²) in [4.78, 5) is 11.5. The van der Waals surface area contributed by atoms with Crippen LogP contribution in [0.1, 0.15) is 46.6 Å². The van der Waals surface area contributed by atoms with Crippen LogP contribution in [-0.4, -0.2) is 36.4 Å². The van der Waals surface area contributed by atoms with Crippen molar-refractivity contribution >= 4 is 16.0 Å². The molecule has 0 aromatic heterocycles. The van der Waals surface area contributed by atoms with Crippen LogP contribution in [0.5, 0.6) is 0 Å². The summed E-state index contributed by atoms with van der Waals surface area (Å²) in [5, 5.41) is 9.23. The van der Waals surface area contributed by atoms with Gasteiger partial charge in [0.15, 0.2) is 0 Å². The van der Waals surface area contributed by atoms with Crippen molar-refractivity contribution in [1.82, 2.24) is 4.31 Å². The molecule has 1 atom stereocenters. The average molecular weight is 327 g/mol. The molecule has 5 nitrogen and oxygen atoms in total. The lowest BCUT2D eigenvalue weighted by Gasteiger charge is -2.26. The quantitative estimate of drug-likeness (QED) is 0.835. The molecule has 0 heterocycles. The fourth-order valence-corrected chi connectivity index (χ4v) is 3.94. The van der Waals surface area contributed by atoms with E-state index in [1.807, 2.05) is 20.8 Å². The number of nitrogens with zero attached hydrogens (tertiary/aromatic N) is 1. The van der Waals surface area contributed by atoms with Crippen molar-refractivity contribution < 1.29 is 18.3 Å². The van der Waals surface area contributed by atoms with E-state index in [1.165, 1.54) is 16.4 Å². The van der Waals surface area contributed by atoms with Gasteiger partial charge in [0, 0.05) is 12.6 Å². The normalized spacial score (nSPS) is 14.1. The molecule has 0 aliphatic heterocycles. The van der Waals surface area contributed by atoms with Gasteiger partial charge in [0.25, 0.3) is 0 Å². The Kier molecular flexibility index (Phi) is 5.76. The van der Waals surface area contributed by atoms with E-state index in [1.54, 1.807) is 26.0 Å². The van der Waals surface area contributed by atoms with Crippen LogP contribution in [0.3, 0.4) is 0 Å². The lowest BCUT2D eigenvalue weighted by atomic mass is 9.85. The Labute approximate surface area is 133 Å². The zero-order valence-corrected chi connectivity index (χ0v) is 14.6. The van der Waals surface area contributed by atoms with E-state index >= 15 is 0 Å². The number of carbonyl (C=O) groups is 1. The molecule has 1 N–H and O–H groups in total. The maximum atomic E-state index is 12.7. The highest BCUT2D eigenvalue weighted by Gasteiger charge is 2.31. The van der Waals surface area contributed by atoms with E-state index in [2.05, 4.69) is 0 Å². The topological polar surface area (TPSA) is 74.7 Å².